The van der Waals surface area contributed by atoms with Gasteiger partial charge < -0.3 is 10.2 Å². The fourth-order valence-electron chi connectivity index (χ4n) is 1.94. The zero-order chi connectivity index (χ0) is 13.4. The SMILES string of the molecule is CNCCCN(C)C(=O)CCc1ccccc1C. The predicted octanol–water partition coefficient (Wildman–Crippen LogP) is 2.00. The molecule has 1 amide bonds. The molecule has 1 aromatic carbocycles. The van der Waals surface area contributed by atoms with E-state index in [2.05, 4.69) is 24.4 Å². The maximum atomic E-state index is 11.9. The van der Waals surface area contributed by atoms with Crippen molar-refractivity contribution in [2.24, 2.45) is 0 Å². The van der Waals surface area contributed by atoms with E-state index >= 15 is 0 Å². The van der Waals surface area contributed by atoms with Gasteiger partial charge in [0.05, 0.1) is 0 Å². The van der Waals surface area contributed by atoms with Gasteiger partial charge in [0.2, 0.25) is 5.91 Å². The Kier molecular flexibility index (Phi) is 6.44. The molecule has 0 heterocycles. The molecule has 1 aromatic rings. The third-order valence-corrected chi connectivity index (χ3v) is 3.22. The first-order valence-corrected chi connectivity index (χ1v) is 6.58. The van der Waals surface area contributed by atoms with E-state index in [0.29, 0.717) is 6.42 Å². The number of amides is 1. The van der Waals surface area contributed by atoms with E-state index in [1.807, 2.05) is 31.1 Å². The van der Waals surface area contributed by atoms with Gasteiger partial charge in [-0.1, -0.05) is 24.3 Å². The number of rotatable bonds is 7. The molecule has 0 unspecified atom stereocenters. The Hall–Kier alpha value is -1.35. The fourth-order valence-corrected chi connectivity index (χ4v) is 1.94. The molecule has 3 heteroatoms. The second-order valence-corrected chi connectivity index (χ2v) is 4.70. The van der Waals surface area contributed by atoms with Gasteiger partial charge in [-0.3, -0.25) is 4.79 Å². The average molecular weight is 248 g/mol. The van der Waals surface area contributed by atoms with Crippen LogP contribution in [0.3, 0.4) is 0 Å². The van der Waals surface area contributed by atoms with Crippen LogP contribution < -0.4 is 5.32 Å². The summed E-state index contributed by atoms with van der Waals surface area (Å²) in [7, 11) is 3.82. The van der Waals surface area contributed by atoms with Crippen LogP contribution >= 0.6 is 0 Å². The van der Waals surface area contributed by atoms with E-state index in [-0.39, 0.29) is 5.91 Å². The van der Waals surface area contributed by atoms with Gasteiger partial charge in [0.1, 0.15) is 0 Å². The van der Waals surface area contributed by atoms with Crippen LogP contribution in [0.2, 0.25) is 0 Å². The third kappa shape index (κ3) is 4.88. The molecule has 0 aliphatic carbocycles. The number of hydrogen-bond donors (Lipinski definition) is 1. The number of carbonyl (C=O) groups is 1. The average Bonchev–Trinajstić information content (AvgIpc) is 2.37. The Morgan fingerprint density at radius 2 is 2.06 bits per heavy atom. The maximum absolute atomic E-state index is 11.9. The molecule has 0 saturated carbocycles. The van der Waals surface area contributed by atoms with Gasteiger partial charge >= 0.3 is 0 Å². The first kappa shape index (κ1) is 14.7. The van der Waals surface area contributed by atoms with Gasteiger partial charge in [0.25, 0.3) is 0 Å². The Labute approximate surface area is 110 Å². The Bertz CT molecular complexity index is 377. The van der Waals surface area contributed by atoms with Gasteiger partial charge in [-0.2, -0.15) is 0 Å². The van der Waals surface area contributed by atoms with Crippen LogP contribution in [-0.2, 0) is 11.2 Å². The minimum atomic E-state index is 0.231. The molecule has 0 saturated heterocycles. The number of carbonyl (C=O) groups excluding carboxylic acids is 1. The van der Waals surface area contributed by atoms with E-state index in [4.69, 9.17) is 0 Å². The van der Waals surface area contributed by atoms with Gasteiger partial charge in [0.15, 0.2) is 0 Å². The summed E-state index contributed by atoms with van der Waals surface area (Å²) in [5.74, 6) is 0.231. The van der Waals surface area contributed by atoms with E-state index in [1.54, 1.807) is 0 Å². The summed E-state index contributed by atoms with van der Waals surface area (Å²) in [5.41, 5.74) is 2.54. The van der Waals surface area contributed by atoms with Crippen molar-refractivity contribution in [3.63, 3.8) is 0 Å². The van der Waals surface area contributed by atoms with Crippen LogP contribution in [0, 0.1) is 6.92 Å². The monoisotopic (exact) mass is 248 g/mol. The lowest BCUT2D eigenvalue weighted by molar-refractivity contribution is -0.129. The molecule has 0 atom stereocenters. The van der Waals surface area contributed by atoms with Crippen molar-refractivity contribution >= 4 is 5.91 Å². The first-order valence-electron chi connectivity index (χ1n) is 6.58. The van der Waals surface area contributed by atoms with Crippen molar-refractivity contribution in [2.45, 2.75) is 26.2 Å². The second-order valence-electron chi connectivity index (χ2n) is 4.70. The Balaban J connectivity index is 2.34. The van der Waals surface area contributed by atoms with Crippen LogP contribution in [0.15, 0.2) is 24.3 Å². The zero-order valence-corrected chi connectivity index (χ0v) is 11.7. The van der Waals surface area contributed by atoms with Crippen LogP contribution in [-0.4, -0.2) is 38.0 Å². The minimum absolute atomic E-state index is 0.231. The largest absolute Gasteiger partial charge is 0.346 e. The highest BCUT2D eigenvalue weighted by Gasteiger charge is 2.08. The molecule has 3 nitrogen and oxygen atoms in total. The third-order valence-electron chi connectivity index (χ3n) is 3.22. The van der Waals surface area contributed by atoms with E-state index in [0.717, 1.165) is 25.9 Å². The van der Waals surface area contributed by atoms with Crippen molar-refractivity contribution < 1.29 is 4.79 Å². The predicted molar refractivity (Wildman–Crippen MR) is 75.7 cm³/mol. The van der Waals surface area contributed by atoms with Gasteiger partial charge in [-0.25, -0.2) is 0 Å². The standard InChI is InChI=1S/C15H24N2O/c1-13-7-4-5-8-14(13)9-10-15(18)17(3)12-6-11-16-2/h4-5,7-8,16H,6,9-12H2,1-3H3. The molecule has 0 aromatic heterocycles. The summed E-state index contributed by atoms with van der Waals surface area (Å²) in [4.78, 5) is 13.8. The molecule has 100 valence electrons. The van der Waals surface area contributed by atoms with E-state index in [9.17, 15) is 4.79 Å². The molecular formula is C15H24N2O. The lowest BCUT2D eigenvalue weighted by Gasteiger charge is -2.17. The van der Waals surface area contributed by atoms with Crippen molar-refractivity contribution in [3.8, 4) is 0 Å². The molecule has 1 N–H and O–H groups in total. The maximum Gasteiger partial charge on any atom is 0.222 e. The Morgan fingerprint density at radius 3 is 2.72 bits per heavy atom. The summed E-state index contributed by atoms with van der Waals surface area (Å²) in [6.45, 7) is 3.87. The lowest BCUT2D eigenvalue weighted by atomic mass is 10.0. The fraction of sp³-hybridized carbons (Fsp3) is 0.533. The van der Waals surface area contributed by atoms with Crippen molar-refractivity contribution in [1.82, 2.24) is 10.2 Å². The van der Waals surface area contributed by atoms with Gasteiger partial charge in [-0.05, 0) is 44.5 Å². The molecule has 0 fully saturated rings. The highest BCUT2D eigenvalue weighted by Crippen LogP contribution is 2.10. The summed E-state index contributed by atoms with van der Waals surface area (Å²) < 4.78 is 0. The number of nitrogens with one attached hydrogen (secondary N) is 1. The minimum Gasteiger partial charge on any atom is -0.346 e. The highest BCUT2D eigenvalue weighted by molar-refractivity contribution is 5.76. The lowest BCUT2D eigenvalue weighted by Crippen LogP contribution is -2.29. The molecule has 1 rings (SSSR count). The summed E-state index contributed by atoms with van der Waals surface area (Å²) in [5, 5.41) is 3.09. The van der Waals surface area contributed by atoms with Crippen molar-refractivity contribution in [3.05, 3.63) is 35.4 Å². The molecular weight excluding hydrogens is 224 g/mol. The first-order chi connectivity index (χ1) is 8.65. The molecule has 0 aliphatic rings. The normalized spacial score (nSPS) is 10.4. The topological polar surface area (TPSA) is 32.3 Å². The summed E-state index contributed by atoms with van der Waals surface area (Å²) in [6, 6.07) is 8.26. The second kappa shape index (κ2) is 7.88. The molecule has 0 spiro atoms. The van der Waals surface area contributed by atoms with Gasteiger partial charge in [0, 0.05) is 20.0 Å². The van der Waals surface area contributed by atoms with Crippen LogP contribution in [0.5, 0.6) is 0 Å². The summed E-state index contributed by atoms with van der Waals surface area (Å²) >= 11 is 0. The van der Waals surface area contributed by atoms with Crippen molar-refractivity contribution in [2.75, 3.05) is 27.2 Å². The van der Waals surface area contributed by atoms with Crippen LogP contribution in [0.4, 0.5) is 0 Å². The number of nitrogens with zero attached hydrogens (tertiary/aromatic N) is 1. The number of hydrogen-bond acceptors (Lipinski definition) is 2. The quantitative estimate of drug-likeness (QED) is 0.749. The van der Waals surface area contributed by atoms with Crippen LogP contribution in [0.25, 0.3) is 0 Å². The van der Waals surface area contributed by atoms with E-state index in [1.165, 1.54) is 11.1 Å². The summed E-state index contributed by atoms with van der Waals surface area (Å²) in [6.07, 6.45) is 2.44. The number of aryl methyl sites for hydroxylation is 2. The highest BCUT2D eigenvalue weighted by atomic mass is 16.2. The van der Waals surface area contributed by atoms with E-state index < -0.39 is 0 Å². The Morgan fingerprint density at radius 1 is 1.33 bits per heavy atom. The molecule has 0 bridgehead atoms. The van der Waals surface area contributed by atoms with Crippen molar-refractivity contribution in [1.29, 1.82) is 0 Å². The molecule has 0 aliphatic heterocycles. The zero-order valence-electron chi connectivity index (χ0n) is 11.7. The molecule has 0 radical (unpaired) electrons. The van der Waals surface area contributed by atoms with Crippen LogP contribution in [0.1, 0.15) is 24.0 Å². The smallest absolute Gasteiger partial charge is 0.222 e. The molecule has 18 heavy (non-hydrogen) atoms. The number of benzene rings is 1. The van der Waals surface area contributed by atoms with Gasteiger partial charge in [-0.15, -0.1) is 0 Å².